The molecule has 0 saturated heterocycles. The van der Waals surface area contributed by atoms with Crippen molar-refractivity contribution in [1.82, 2.24) is 14.8 Å². The number of thioether (sulfide) groups is 1. The predicted octanol–water partition coefficient (Wildman–Crippen LogP) is 7.78. The molecule has 0 spiro atoms. The zero-order valence-electron chi connectivity index (χ0n) is 22.6. The Labute approximate surface area is 224 Å². The zero-order valence-corrected chi connectivity index (χ0v) is 23.4. The normalized spacial score (nSPS) is 12.4. The van der Waals surface area contributed by atoms with Gasteiger partial charge in [-0.05, 0) is 60.1 Å². The van der Waals surface area contributed by atoms with Crippen LogP contribution in [-0.2, 0) is 10.2 Å². The first-order valence-electron chi connectivity index (χ1n) is 12.8. The van der Waals surface area contributed by atoms with Gasteiger partial charge in [0.1, 0.15) is 0 Å². The molecular formula is C31H36N4OS. The number of carbonyl (C=O) groups excluding carboxylic acids is 1. The molecule has 1 atom stereocenters. The Kier molecular flexibility index (Phi) is 8.18. The number of rotatable bonds is 8. The van der Waals surface area contributed by atoms with E-state index in [4.69, 9.17) is 0 Å². The lowest BCUT2D eigenvalue weighted by Crippen LogP contribution is -2.14. The first kappa shape index (κ1) is 26.7. The summed E-state index contributed by atoms with van der Waals surface area (Å²) in [5.41, 5.74) is 6.56. The number of carbonyl (C=O) groups is 1. The van der Waals surface area contributed by atoms with Crippen molar-refractivity contribution < 1.29 is 4.79 Å². The molecule has 0 aliphatic carbocycles. The number of amides is 1. The lowest BCUT2D eigenvalue weighted by molar-refractivity contribution is -0.113. The van der Waals surface area contributed by atoms with Gasteiger partial charge in [0.15, 0.2) is 11.0 Å². The molecule has 4 aromatic rings. The number of nitrogens with zero attached hydrogens (tertiary/aromatic N) is 3. The number of aryl methyl sites for hydroxylation is 1. The third-order valence-corrected chi connectivity index (χ3v) is 7.57. The fourth-order valence-corrected chi connectivity index (χ4v) is 4.81. The number of benzene rings is 3. The summed E-state index contributed by atoms with van der Waals surface area (Å²) >= 11 is 1.39. The minimum Gasteiger partial charge on any atom is -0.325 e. The standard InChI is InChI=1S/C31H36N4OS/c1-7-22(3)23-12-16-26(17-13-23)32-28(36)20-37-30-34-33-29(35(30)27-18-8-21(2)9-19-27)24-10-14-25(15-11-24)31(4,5)6/h8-19,22H,7,20H2,1-6H3,(H,32,36)/t22-/m1/s1. The number of hydrogen-bond acceptors (Lipinski definition) is 4. The summed E-state index contributed by atoms with van der Waals surface area (Å²) in [5.74, 6) is 1.43. The summed E-state index contributed by atoms with van der Waals surface area (Å²) in [6.45, 7) is 13.1. The van der Waals surface area contributed by atoms with Crippen LogP contribution >= 0.6 is 11.8 Å². The van der Waals surface area contributed by atoms with Gasteiger partial charge in [0, 0.05) is 16.9 Å². The molecule has 5 nitrogen and oxygen atoms in total. The van der Waals surface area contributed by atoms with Crippen LogP contribution in [0.2, 0.25) is 0 Å². The summed E-state index contributed by atoms with van der Waals surface area (Å²) in [6.07, 6.45) is 1.09. The first-order valence-corrected chi connectivity index (χ1v) is 13.8. The van der Waals surface area contributed by atoms with Gasteiger partial charge in [0.05, 0.1) is 5.75 Å². The quantitative estimate of drug-likeness (QED) is 0.245. The van der Waals surface area contributed by atoms with E-state index in [-0.39, 0.29) is 17.1 Å². The van der Waals surface area contributed by atoms with E-state index in [1.165, 1.54) is 28.5 Å². The van der Waals surface area contributed by atoms with Crippen LogP contribution in [0.15, 0.2) is 78.0 Å². The highest BCUT2D eigenvalue weighted by Crippen LogP contribution is 2.30. The van der Waals surface area contributed by atoms with Gasteiger partial charge in [-0.25, -0.2) is 0 Å². The van der Waals surface area contributed by atoms with Crippen molar-refractivity contribution in [2.24, 2.45) is 0 Å². The highest BCUT2D eigenvalue weighted by Gasteiger charge is 2.19. The molecule has 192 valence electrons. The molecule has 1 amide bonds. The monoisotopic (exact) mass is 512 g/mol. The number of anilines is 1. The second-order valence-corrected chi connectivity index (χ2v) is 11.5. The van der Waals surface area contributed by atoms with Crippen LogP contribution in [0.5, 0.6) is 0 Å². The SMILES string of the molecule is CC[C@@H](C)c1ccc(NC(=O)CSc2nnc(-c3ccc(C(C)(C)C)cc3)n2-c2ccc(C)cc2)cc1. The molecule has 1 N–H and O–H groups in total. The lowest BCUT2D eigenvalue weighted by Gasteiger charge is -2.19. The molecule has 6 heteroatoms. The molecule has 0 radical (unpaired) electrons. The van der Waals surface area contributed by atoms with Crippen molar-refractivity contribution >= 4 is 23.4 Å². The van der Waals surface area contributed by atoms with Crippen LogP contribution in [0.25, 0.3) is 17.1 Å². The molecule has 1 heterocycles. The maximum absolute atomic E-state index is 12.8. The molecule has 3 aromatic carbocycles. The molecular weight excluding hydrogens is 476 g/mol. The minimum atomic E-state index is -0.0733. The molecule has 0 bridgehead atoms. The highest BCUT2D eigenvalue weighted by atomic mass is 32.2. The van der Waals surface area contributed by atoms with Crippen LogP contribution in [0.3, 0.4) is 0 Å². The van der Waals surface area contributed by atoms with Crippen molar-refractivity contribution in [2.45, 2.75) is 64.5 Å². The summed E-state index contributed by atoms with van der Waals surface area (Å²) in [5, 5.41) is 12.7. The average molecular weight is 513 g/mol. The lowest BCUT2D eigenvalue weighted by atomic mass is 9.87. The maximum Gasteiger partial charge on any atom is 0.234 e. The molecule has 0 aliphatic rings. The van der Waals surface area contributed by atoms with E-state index in [0.717, 1.165) is 29.2 Å². The fraction of sp³-hybridized carbons (Fsp3) is 0.323. The summed E-state index contributed by atoms with van der Waals surface area (Å²) in [6, 6.07) is 24.9. The van der Waals surface area contributed by atoms with Crippen LogP contribution in [-0.4, -0.2) is 26.4 Å². The topological polar surface area (TPSA) is 59.8 Å². The van der Waals surface area contributed by atoms with E-state index in [0.29, 0.717) is 11.1 Å². The van der Waals surface area contributed by atoms with E-state index in [1.807, 2.05) is 16.7 Å². The molecule has 0 fully saturated rings. The summed E-state index contributed by atoms with van der Waals surface area (Å²) in [4.78, 5) is 12.8. The summed E-state index contributed by atoms with van der Waals surface area (Å²) in [7, 11) is 0. The van der Waals surface area contributed by atoms with E-state index < -0.39 is 0 Å². The molecule has 0 saturated carbocycles. The highest BCUT2D eigenvalue weighted by molar-refractivity contribution is 7.99. The third-order valence-electron chi connectivity index (χ3n) is 6.64. The van der Waals surface area contributed by atoms with Gasteiger partial charge in [0.2, 0.25) is 5.91 Å². The van der Waals surface area contributed by atoms with Crippen molar-refractivity contribution in [3.05, 3.63) is 89.5 Å². The Balaban J connectivity index is 1.55. The van der Waals surface area contributed by atoms with Crippen molar-refractivity contribution in [2.75, 3.05) is 11.1 Å². The molecule has 1 aromatic heterocycles. The fourth-order valence-electron chi connectivity index (χ4n) is 4.05. The van der Waals surface area contributed by atoms with E-state index in [1.54, 1.807) is 0 Å². The van der Waals surface area contributed by atoms with Crippen LogP contribution < -0.4 is 5.32 Å². The maximum atomic E-state index is 12.8. The van der Waals surface area contributed by atoms with Gasteiger partial charge in [-0.15, -0.1) is 10.2 Å². The van der Waals surface area contributed by atoms with Crippen LogP contribution in [0, 0.1) is 6.92 Å². The van der Waals surface area contributed by atoms with Gasteiger partial charge < -0.3 is 5.32 Å². The Morgan fingerprint density at radius 3 is 2.19 bits per heavy atom. The predicted molar refractivity (Wildman–Crippen MR) is 155 cm³/mol. The van der Waals surface area contributed by atoms with Crippen molar-refractivity contribution in [3.63, 3.8) is 0 Å². The van der Waals surface area contributed by atoms with Gasteiger partial charge in [-0.2, -0.15) is 0 Å². The Bertz CT molecular complexity index is 1330. The second kappa shape index (κ2) is 11.3. The third kappa shape index (κ3) is 6.50. The number of aromatic nitrogens is 3. The smallest absolute Gasteiger partial charge is 0.234 e. The van der Waals surface area contributed by atoms with Gasteiger partial charge in [-0.1, -0.05) is 100 Å². The van der Waals surface area contributed by atoms with Crippen molar-refractivity contribution in [3.8, 4) is 17.1 Å². The Hall–Kier alpha value is -3.38. The zero-order chi connectivity index (χ0) is 26.6. The Morgan fingerprint density at radius 1 is 0.946 bits per heavy atom. The molecule has 37 heavy (non-hydrogen) atoms. The second-order valence-electron chi connectivity index (χ2n) is 10.6. The van der Waals surface area contributed by atoms with Gasteiger partial charge in [0.25, 0.3) is 0 Å². The minimum absolute atomic E-state index is 0.0733. The van der Waals surface area contributed by atoms with Gasteiger partial charge >= 0.3 is 0 Å². The van der Waals surface area contributed by atoms with Crippen molar-refractivity contribution in [1.29, 1.82) is 0 Å². The summed E-state index contributed by atoms with van der Waals surface area (Å²) < 4.78 is 2.03. The first-order chi connectivity index (χ1) is 17.7. The molecule has 4 rings (SSSR count). The van der Waals surface area contributed by atoms with Crippen LogP contribution in [0.4, 0.5) is 5.69 Å². The molecule has 0 unspecified atom stereocenters. The number of hydrogen-bond donors (Lipinski definition) is 1. The van der Waals surface area contributed by atoms with E-state index in [9.17, 15) is 4.79 Å². The van der Waals surface area contributed by atoms with E-state index >= 15 is 0 Å². The van der Waals surface area contributed by atoms with E-state index in [2.05, 4.69) is 118 Å². The number of nitrogens with one attached hydrogen (secondary N) is 1. The molecule has 0 aliphatic heterocycles. The largest absolute Gasteiger partial charge is 0.325 e. The Morgan fingerprint density at radius 2 is 1.59 bits per heavy atom. The van der Waals surface area contributed by atoms with Crippen LogP contribution in [0.1, 0.15) is 63.6 Å². The van der Waals surface area contributed by atoms with Gasteiger partial charge in [-0.3, -0.25) is 9.36 Å². The average Bonchev–Trinajstić information content (AvgIpc) is 3.31.